The molecule has 0 bridgehead atoms. The van der Waals surface area contributed by atoms with Crippen LogP contribution in [0.1, 0.15) is 37.3 Å². The molecule has 1 aromatic carbocycles. The maximum atomic E-state index is 12.2. The minimum atomic E-state index is -0.388. The van der Waals surface area contributed by atoms with Crippen LogP contribution in [-0.2, 0) is 11.3 Å². The van der Waals surface area contributed by atoms with Gasteiger partial charge in [-0.2, -0.15) is 0 Å². The molecule has 0 aromatic heterocycles. The van der Waals surface area contributed by atoms with Crippen LogP contribution in [0.25, 0.3) is 0 Å². The first-order valence-electron chi connectivity index (χ1n) is 6.70. The summed E-state index contributed by atoms with van der Waals surface area (Å²) in [5.41, 5.74) is 2.02. The summed E-state index contributed by atoms with van der Waals surface area (Å²) in [6, 6.07) is 8.16. The summed E-state index contributed by atoms with van der Waals surface area (Å²) in [6.07, 6.45) is 3.22. The van der Waals surface area contributed by atoms with Crippen molar-refractivity contribution in [3.8, 4) is 0 Å². The van der Waals surface area contributed by atoms with E-state index in [0.717, 1.165) is 19.4 Å². The van der Waals surface area contributed by atoms with E-state index in [4.69, 9.17) is 0 Å². The smallest absolute Gasteiger partial charge is 0.240 e. The lowest BCUT2D eigenvalue weighted by molar-refractivity contribution is -0.128. The molecule has 1 aliphatic heterocycles. The Morgan fingerprint density at radius 1 is 1.37 bits per heavy atom. The second kappa shape index (κ2) is 6.92. The first-order valence-corrected chi connectivity index (χ1v) is 6.70. The van der Waals surface area contributed by atoms with Crippen LogP contribution in [0.2, 0.25) is 0 Å². The van der Waals surface area contributed by atoms with E-state index in [1.54, 1.807) is 0 Å². The second-order valence-electron chi connectivity index (χ2n) is 5.33. The highest BCUT2D eigenvalue weighted by molar-refractivity contribution is 5.86. The van der Waals surface area contributed by atoms with Gasteiger partial charge in [-0.25, -0.2) is 0 Å². The number of amides is 1. The fourth-order valence-electron chi connectivity index (χ4n) is 2.43. The number of nitrogens with one attached hydrogen (secondary N) is 2. The molecule has 1 saturated heterocycles. The van der Waals surface area contributed by atoms with E-state index >= 15 is 0 Å². The highest BCUT2D eigenvalue weighted by atomic mass is 35.5. The van der Waals surface area contributed by atoms with Crippen LogP contribution in [0, 0.1) is 6.92 Å². The predicted octanol–water partition coefficient (Wildman–Crippen LogP) is 2.57. The van der Waals surface area contributed by atoms with Crippen molar-refractivity contribution in [2.24, 2.45) is 0 Å². The number of aryl methyl sites for hydroxylation is 1. The molecule has 1 heterocycles. The summed E-state index contributed by atoms with van der Waals surface area (Å²) in [4.78, 5) is 12.2. The lowest BCUT2D eigenvalue weighted by Gasteiger charge is -2.33. The van der Waals surface area contributed by atoms with Gasteiger partial charge in [0.05, 0.1) is 5.54 Å². The van der Waals surface area contributed by atoms with Gasteiger partial charge in [-0.15, -0.1) is 12.4 Å². The molecular formula is C15H23ClN2O. The third-order valence-corrected chi connectivity index (χ3v) is 3.82. The zero-order valence-electron chi connectivity index (χ0n) is 11.7. The molecule has 106 valence electrons. The molecule has 1 amide bonds. The summed E-state index contributed by atoms with van der Waals surface area (Å²) in [5, 5.41) is 6.38. The lowest BCUT2D eigenvalue weighted by Crippen LogP contribution is -2.56. The highest BCUT2D eigenvalue weighted by Crippen LogP contribution is 2.19. The molecule has 1 aromatic rings. The molecule has 3 nitrogen and oxygen atoms in total. The quantitative estimate of drug-likeness (QED) is 0.895. The molecule has 2 rings (SSSR count). The maximum absolute atomic E-state index is 12.2. The van der Waals surface area contributed by atoms with Gasteiger partial charge in [-0.3, -0.25) is 4.79 Å². The van der Waals surface area contributed by atoms with E-state index in [9.17, 15) is 4.79 Å². The first-order chi connectivity index (χ1) is 8.62. The SMILES string of the molecule is Cc1ccccc1CNC(=O)C1(C)CCCCN1.Cl. The van der Waals surface area contributed by atoms with E-state index in [0.29, 0.717) is 6.54 Å². The molecule has 19 heavy (non-hydrogen) atoms. The summed E-state index contributed by atoms with van der Waals surface area (Å²) in [6.45, 7) is 5.62. The largest absolute Gasteiger partial charge is 0.350 e. The number of hydrogen-bond donors (Lipinski definition) is 2. The van der Waals surface area contributed by atoms with Crippen LogP contribution >= 0.6 is 12.4 Å². The monoisotopic (exact) mass is 282 g/mol. The number of carbonyl (C=O) groups is 1. The van der Waals surface area contributed by atoms with Crippen LogP contribution in [0.3, 0.4) is 0 Å². The number of halogens is 1. The molecule has 0 aliphatic carbocycles. The molecule has 2 N–H and O–H groups in total. The second-order valence-corrected chi connectivity index (χ2v) is 5.33. The minimum absolute atomic E-state index is 0. The Morgan fingerprint density at radius 2 is 2.11 bits per heavy atom. The zero-order valence-corrected chi connectivity index (χ0v) is 12.5. The Bertz CT molecular complexity index is 428. The van der Waals surface area contributed by atoms with Gasteiger partial charge in [0.25, 0.3) is 0 Å². The van der Waals surface area contributed by atoms with Crippen LogP contribution in [0.5, 0.6) is 0 Å². The highest BCUT2D eigenvalue weighted by Gasteiger charge is 2.33. The summed E-state index contributed by atoms with van der Waals surface area (Å²) in [5.74, 6) is 0.116. The van der Waals surface area contributed by atoms with Crippen molar-refractivity contribution < 1.29 is 4.79 Å². The van der Waals surface area contributed by atoms with Gasteiger partial charge < -0.3 is 10.6 Å². The van der Waals surface area contributed by atoms with E-state index in [2.05, 4.69) is 29.7 Å². The molecule has 0 radical (unpaired) electrons. The van der Waals surface area contributed by atoms with E-state index < -0.39 is 0 Å². The number of rotatable bonds is 3. The molecule has 1 unspecified atom stereocenters. The maximum Gasteiger partial charge on any atom is 0.240 e. The lowest BCUT2D eigenvalue weighted by atomic mass is 9.90. The Balaban J connectivity index is 0.00000180. The van der Waals surface area contributed by atoms with Crippen LogP contribution < -0.4 is 10.6 Å². The topological polar surface area (TPSA) is 41.1 Å². The van der Waals surface area contributed by atoms with Gasteiger partial charge in [0.1, 0.15) is 0 Å². The number of benzene rings is 1. The van der Waals surface area contributed by atoms with Crippen molar-refractivity contribution in [2.75, 3.05) is 6.54 Å². The van der Waals surface area contributed by atoms with E-state index in [-0.39, 0.29) is 23.9 Å². The number of piperidine rings is 1. The molecule has 0 saturated carbocycles. The van der Waals surface area contributed by atoms with Crippen molar-refractivity contribution in [3.05, 3.63) is 35.4 Å². The Labute approximate surface area is 121 Å². The van der Waals surface area contributed by atoms with Gasteiger partial charge in [0.2, 0.25) is 5.91 Å². The number of hydrogen-bond acceptors (Lipinski definition) is 2. The predicted molar refractivity (Wildman–Crippen MR) is 80.5 cm³/mol. The summed E-state index contributed by atoms with van der Waals surface area (Å²) < 4.78 is 0. The van der Waals surface area contributed by atoms with Gasteiger partial charge in [-0.1, -0.05) is 24.3 Å². The molecule has 1 aliphatic rings. The minimum Gasteiger partial charge on any atom is -0.350 e. The van der Waals surface area contributed by atoms with E-state index in [1.165, 1.54) is 17.5 Å². The zero-order chi connectivity index (χ0) is 13.0. The van der Waals surface area contributed by atoms with Crippen LogP contribution in [0.15, 0.2) is 24.3 Å². The summed E-state index contributed by atoms with van der Waals surface area (Å²) >= 11 is 0. The van der Waals surface area contributed by atoms with Crippen LogP contribution in [0.4, 0.5) is 0 Å². The van der Waals surface area contributed by atoms with Gasteiger partial charge in [0, 0.05) is 6.54 Å². The fourth-order valence-corrected chi connectivity index (χ4v) is 2.43. The fraction of sp³-hybridized carbons (Fsp3) is 0.533. The molecule has 0 spiro atoms. The van der Waals surface area contributed by atoms with E-state index in [1.807, 2.05) is 19.1 Å². The number of carbonyl (C=O) groups excluding carboxylic acids is 1. The third-order valence-electron chi connectivity index (χ3n) is 3.82. The van der Waals surface area contributed by atoms with Crippen molar-refractivity contribution in [2.45, 2.75) is 45.2 Å². The van der Waals surface area contributed by atoms with Gasteiger partial charge in [-0.05, 0) is 50.8 Å². The van der Waals surface area contributed by atoms with Gasteiger partial charge in [0.15, 0.2) is 0 Å². The average Bonchev–Trinajstić information content (AvgIpc) is 2.38. The Kier molecular flexibility index (Phi) is 5.83. The third kappa shape index (κ3) is 3.95. The normalized spacial score (nSPS) is 22.4. The van der Waals surface area contributed by atoms with Crippen molar-refractivity contribution in [1.82, 2.24) is 10.6 Å². The van der Waals surface area contributed by atoms with Crippen molar-refractivity contribution >= 4 is 18.3 Å². The molecule has 1 fully saturated rings. The van der Waals surface area contributed by atoms with Gasteiger partial charge >= 0.3 is 0 Å². The van der Waals surface area contributed by atoms with Crippen molar-refractivity contribution in [3.63, 3.8) is 0 Å². The summed E-state index contributed by atoms with van der Waals surface area (Å²) in [7, 11) is 0. The molecular weight excluding hydrogens is 260 g/mol. The average molecular weight is 283 g/mol. The van der Waals surface area contributed by atoms with Crippen LogP contribution in [-0.4, -0.2) is 18.0 Å². The standard InChI is InChI=1S/C15H22N2O.ClH/c1-12-7-3-4-8-13(12)11-16-14(18)15(2)9-5-6-10-17-15;/h3-4,7-8,17H,5-6,9-11H2,1-2H3,(H,16,18);1H. The first kappa shape index (κ1) is 16.0. The molecule has 4 heteroatoms. The molecule has 1 atom stereocenters. The Hall–Kier alpha value is -1.06. The Morgan fingerprint density at radius 3 is 2.74 bits per heavy atom. The van der Waals surface area contributed by atoms with Crippen molar-refractivity contribution in [1.29, 1.82) is 0 Å².